The van der Waals surface area contributed by atoms with E-state index in [1.54, 1.807) is 6.92 Å². The fraction of sp³-hybridized carbons (Fsp3) is 0.478. The lowest BCUT2D eigenvalue weighted by Crippen LogP contribution is -2.48. The Bertz CT molecular complexity index is 893. The van der Waals surface area contributed by atoms with Crippen molar-refractivity contribution in [1.29, 1.82) is 0 Å². The maximum absolute atomic E-state index is 12.8. The van der Waals surface area contributed by atoms with Crippen molar-refractivity contribution in [2.75, 3.05) is 11.1 Å². The standard InChI is InChI=1S/C23H34N6O3/c1-4-14(2)21(23(32)28-18-13-26-15(3)27-22(18)25)29-20(31)11-10-19(30)17(24)12-16-8-6-5-7-9-16/h5-9,13-14,17,19,21,30H,4,10-12,24H2,1-3H3,(H,28,32)(H,29,31)(H2,25,26,27)/t14-,17-,19-,21-/m0/s1. The van der Waals surface area contributed by atoms with Crippen molar-refractivity contribution >= 4 is 23.3 Å². The SMILES string of the molecule is CC[C@H](C)[C@H](NC(=O)CC[C@H](O)[C@@H](N)Cc1ccccc1)C(=O)Nc1cnc(C)nc1N. The van der Waals surface area contributed by atoms with Gasteiger partial charge in [0.2, 0.25) is 11.8 Å². The van der Waals surface area contributed by atoms with Crippen LogP contribution < -0.4 is 22.1 Å². The van der Waals surface area contributed by atoms with Crippen LogP contribution in [-0.4, -0.2) is 45.1 Å². The number of nitrogens with one attached hydrogen (secondary N) is 2. The van der Waals surface area contributed by atoms with Gasteiger partial charge in [0.1, 0.15) is 17.6 Å². The maximum atomic E-state index is 12.8. The predicted octanol–water partition coefficient (Wildman–Crippen LogP) is 1.55. The van der Waals surface area contributed by atoms with Crippen molar-refractivity contribution in [1.82, 2.24) is 15.3 Å². The van der Waals surface area contributed by atoms with Gasteiger partial charge >= 0.3 is 0 Å². The number of benzene rings is 1. The van der Waals surface area contributed by atoms with Gasteiger partial charge in [-0.3, -0.25) is 9.59 Å². The molecule has 0 saturated heterocycles. The highest BCUT2D eigenvalue weighted by Gasteiger charge is 2.27. The van der Waals surface area contributed by atoms with Gasteiger partial charge in [0.25, 0.3) is 0 Å². The molecular weight excluding hydrogens is 408 g/mol. The number of aryl methyl sites for hydroxylation is 1. The van der Waals surface area contributed by atoms with Crippen LogP contribution >= 0.6 is 0 Å². The highest BCUT2D eigenvalue weighted by molar-refractivity contribution is 5.98. The maximum Gasteiger partial charge on any atom is 0.247 e. The normalized spacial score (nSPS) is 14.8. The number of nitrogens with zero attached hydrogens (tertiary/aromatic N) is 2. The summed E-state index contributed by atoms with van der Waals surface area (Å²) in [4.78, 5) is 33.4. The average Bonchev–Trinajstić information content (AvgIpc) is 2.77. The van der Waals surface area contributed by atoms with Gasteiger partial charge in [-0.2, -0.15) is 0 Å². The summed E-state index contributed by atoms with van der Waals surface area (Å²) in [7, 11) is 0. The molecule has 2 amide bonds. The van der Waals surface area contributed by atoms with Gasteiger partial charge in [0.15, 0.2) is 5.82 Å². The van der Waals surface area contributed by atoms with E-state index >= 15 is 0 Å². The molecule has 1 heterocycles. The van der Waals surface area contributed by atoms with Gasteiger partial charge in [0.05, 0.1) is 12.3 Å². The summed E-state index contributed by atoms with van der Waals surface area (Å²) >= 11 is 0. The lowest BCUT2D eigenvalue weighted by atomic mass is 9.97. The Labute approximate surface area is 189 Å². The molecule has 0 unspecified atom stereocenters. The number of aliphatic hydroxyl groups excluding tert-OH is 1. The van der Waals surface area contributed by atoms with Crippen LogP contribution in [0.1, 0.15) is 44.5 Å². The zero-order chi connectivity index (χ0) is 23.7. The zero-order valence-corrected chi connectivity index (χ0v) is 18.9. The Hall–Kier alpha value is -3.04. The molecule has 9 nitrogen and oxygen atoms in total. The number of carbonyl (C=O) groups excluding carboxylic acids is 2. The zero-order valence-electron chi connectivity index (χ0n) is 18.9. The predicted molar refractivity (Wildman–Crippen MR) is 125 cm³/mol. The fourth-order valence-corrected chi connectivity index (χ4v) is 3.26. The quantitative estimate of drug-likeness (QED) is 0.353. The lowest BCUT2D eigenvalue weighted by molar-refractivity contribution is -0.127. The molecule has 174 valence electrons. The van der Waals surface area contributed by atoms with Crippen LogP contribution in [0.5, 0.6) is 0 Å². The highest BCUT2D eigenvalue weighted by Crippen LogP contribution is 2.17. The van der Waals surface area contributed by atoms with Gasteiger partial charge in [-0.15, -0.1) is 0 Å². The van der Waals surface area contributed by atoms with Gasteiger partial charge in [-0.05, 0) is 31.2 Å². The lowest BCUT2D eigenvalue weighted by Gasteiger charge is -2.24. The summed E-state index contributed by atoms with van der Waals surface area (Å²) in [6, 6.07) is 8.39. The summed E-state index contributed by atoms with van der Waals surface area (Å²) < 4.78 is 0. The summed E-state index contributed by atoms with van der Waals surface area (Å²) in [6.07, 6.45) is 2.06. The van der Waals surface area contributed by atoms with Crippen LogP contribution in [-0.2, 0) is 16.0 Å². The first kappa shape index (κ1) is 25.2. The van der Waals surface area contributed by atoms with Crippen molar-refractivity contribution in [2.45, 2.75) is 64.6 Å². The Morgan fingerprint density at radius 2 is 1.91 bits per heavy atom. The van der Waals surface area contributed by atoms with Crippen LogP contribution in [0, 0.1) is 12.8 Å². The summed E-state index contributed by atoms with van der Waals surface area (Å²) in [5, 5.41) is 15.8. The van der Waals surface area contributed by atoms with Gasteiger partial charge in [-0.1, -0.05) is 50.6 Å². The van der Waals surface area contributed by atoms with E-state index in [1.807, 2.05) is 44.2 Å². The van der Waals surface area contributed by atoms with Crippen molar-refractivity contribution in [3.05, 3.63) is 47.9 Å². The molecule has 0 aliphatic carbocycles. The molecule has 7 N–H and O–H groups in total. The molecule has 9 heteroatoms. The van der Waals surface area contributed by atoms with Crippen LogP contribution in [0.4, 0.5) is 11.5 Å². The molecule has 0 aliphatic rings. The number of amides is 2. The van der Waals surface area contributed by atoms with Crippen molar-refractivity contribution in [2.24, 2.45) is 11.7 Å². The number of nitrogens with two attached hydrogens (primary N) is 2. The van der Waals surface area contributed by atoms with E-state index in [4.69, 9.17) is 11.5 Å². The summed E-state index contributed by atoms with van der Waals surface area (Å²) in [5.74, 6) is -0.179. The van der Waals surface area contributed by atoms with Gasteiger partial charge < -0.3 is 27.2 Å². The second kappa shape index (κ2) is 12.1. The Morgan fingerprint density at radius 1 is 1.22 bits per heavy atom. The van der Waals surface area contributed by atoms with Gasteiger partial charge in [0, 0.05) is 12.5 Å². The fourth-order valence-electron chi connectivity index (χ4n) is 3.26. The smallest absolute Gasteiger partial charge is 0.247 e. The minimum absolute atomic E-state index is 0.0552. The number of hydrogen-bond donors (Lipinski definition) is 5. The van der Waals surface area contributed by atoms with E-state index in [2.05, 4.69) is 20.6 Å². The number of nitrogen functional groups attached to an aromatic ring is 1. The third-order valence-corrected chi connectivity index (χ3v) is 5.48. The van der Waals surface area contributed by atoms with Crippen LogP contribution in [0.25, 0.3) is 0 Å². The topological polar surface area (TPSA) is 156 Å². The number of rotatable bonds is 11. The number of hydrogen-bond acceptors (Lipinski definition) is 7. The molecule has 0 fully saturated rings. The van der Waals surface area contributed by atoms with E-state index in [1.165, 1.54) is 6.20 Å². The molecule has 2 aromatic rings. The molecule has 2 rings (SSSR count). The first-order valence-electron chi connectivity index (χ1n) is 10.9. The van der Waals surface area contributed by atoms with Crippen LogP contribution in [0.2, 0.25) is 0 Å². The minimum atomic E-state index is -0.832. The highest BCUT2D eigenvalue weighted by atomic mass is 16.3. The molecule has 32 heavy (non-hydrogen) atoms. The first-order chi connectivity index (χ1) is 15.2. The third kappa shape index (κ3) is 7.58. The van der Waals surface area contributed by atoms with E-state index in [9.17, 15) is 14.7 Å². The van der Waals surface area contributed by atoms with Crippen LogP contribution in [0.15, 0.2) is 36.5 Å². The molecule has 0 bridgehead atoms. The van der Waals surface area contributed by atoms with Crippen molar-refractivity contribution in [3.63, 3.8) is 0 Å². The number of aliphatic hydroxyl groups is 1. The third-order valence-electron chi connectivity index (χ3n) is 5.48. The molecule has 0 aliphatic heterocycles. The molecular formula is C23H34N6O3. The van der Waals surface area contributed by atoms with Crippen LogP contribution in [0.3, 0.4) is 0 Å². The van der Waals surface area contributed by atoms with E-state index < -0.39 is 24.1 Å². The van der Waals surface area contributed by atoms with Crippen molar-refractivity contribution < 1.29 is 14.7 Å². The number of carbonyl (C=O) groups is 2. The Balaban J connectivity index is 1.91. The molecule has 0 radical (unpaired) electrons. The van der Waals surface area contributed by atoms with E-state index in [-0.39, 0.29) is 30.5 Å². The van der Waals surface area contributed by atoms with E-state index in [0.29, 0.717) is 24.4 Å². The first-order valence-corrected chi connectivity index (χ1v) is 10.9. The average molecular weight is 443 g/mol. The largest absolute Gasteiger partial charge is 0.391 e. The second-order valence-corrected chi connectivity index (χ2v) is 8.10. The molecule has 0 spiro atoms. The molecule has 1 aromatic carbocycles. The number of anilines is 2. The Morgan fingerprint density at radius 3 is 2.53 bits per heavy atom. The summed E-state index contributed by atoms with van der Waals surface area (Å²) in [6.45, 7) is 5.52. The second-order valence-electron chi connectivity index (χ2n) is 8.10. The summed E-state index contributed by atoms with van der Waals surface area (Å²) in [5.41, 5.74) is 13.3. The minimum Gasteiger partial charge on any atom is -0.391 e. The monoisotopic (exact) mass is 442 g/mol. The number of aromatic nitrogens is 2. The Kier molecular flexibility index (Phi) is 9.55. The molecule has 0 saturated carbocycles. The van der Waals surface area contributed by atoms with Gasteiger partial charge in [-0.25, -0.2) is 9.97 Å². The van der Waals surface area contributed by atoms with Crippen molar-refractivity contribution in [3.8, 4) is 0 Å². The van der Waals surface area contributed by atoms with E-state index in [0.717, 1.165) is 5.56 Å². The molecule has 4 atom stereocenters. The molecule has 1 aromatic heterocycles.